The molecule has 136 valence electrons. The highest BCUT2D eigenvalue weighted by molar-refractivity contribution is 7.89. The number of nitrogen functional groups attached to an aromatic ring is 1. The Hall–Kier alpha value is -2.77. The number of hydrogen-bond donors (Lipinski definition) is 2. The Morgan fingerprint density at radius 2 is 1.69 bits per heavy atom. The van der Waals surface area contributed by atoms with Gasteiger partial charge in [-0.05, 0) is 41.1 Å². The Labute approximate surface area is 152 Å². The highest BCUT2D eigenvalue weighted by Crippen LogP contribution is 2.31. The predicted octanol–water partition coefficient (Wildman–Crippen LogP) is 2.92. The zero-order chi connectivity index (χ0) is 18.7. The minimum absolute atomic E-state index is 0.0858. The van der Waals surface area contributed by atoms with Crippen molar-refractivity contribution >= 4 is 26.5 Å². The Morgan fingerprint density at radius 3 is 2.42 bits per heavy atom. The van der Waals surface area contributed by atoms with E-state index in [1.54, 1.807) is 54.6 Å². The summed E-state index contributed by atoms with van der Waals surface area (Å²) in [6.45, 7) is 0.0858. The molecule has 0 unspecified atom stereocenters. The summed E-state index contributed by atoms with van der Waals surface area (Å²) < 4.78 is 38.5. The van der Waals surface area contributed by atoms with Crippen LogP contribution in [-0.4, -0.2) is 22.6 Å². The van der Waals surface area contributed by atoms with Crippen molar-refractivity contribution in [1.29, 1.82) is 0 Å². The van der Waals surface area contributed by atoms with Crippen LogP contribution in [0.25, 0.3) is 10.8 Å². The fraction of sp³-hybridized carbons (Fsp3) is 0.158. The molecule has 0 aliphatic carbocycles. The van der Waals surface area contributed by atoms with Gasteiger partial charge in [-0.3, -0.25) is 0 Å². The summed E-state index contributed by atoms with van der Waals surface area (Å²) in [4.78, 5) is 0.191. The molecule has 0 saturated heterocycles. The second-order valence-electron chi connectivity index (χ2n) is 5.75. The SMILES string of the molecule is COc1cccc(CNS(=O)(=O)c2ccc3cc(N)ccc3c2)c1OC. The van der Waals surface area contributed by atoms with Crippen LogP contribution in [0.1, 0.15) is 5.56 Å². The average molecular weight is 372 g/mol. The standard InChI is InChI=1S/C19H20N2O4S/c1-24-18-5-3-4-15(19(18)25-2)12-21-26(22,23)17-9-7-13-10-16(20)8-6-14(13)11-17/h3-11,21H,12,20H2,1-2H3. The molecule has 0 spiro atoms. The van der Waals surface area contributed by atoms with Gasteiger partial charge in [-0.1, -0.05) is 24.3 Å². The number of fused-ring (bicyclic) bond motifs is 1. The Bertz CT molecular complexity index is 1050. The molecule has 3 aromatic carbocycles. The first-order valence-corrected chi connectivity index (χ1v) is 9.42. The number of benzene rings is 3. The molecule has 0 fully saturated rings. The lowest BCUT2D eigenvalue weighted by molar-refractivity contribution is 0.351. The van der Waals surface area contributed by atoms with Gasteiger partial charge in [0, 0.05) is 17.8 Å². The van der Waals surface area contributed by atoms with E-state index in [1.165, 1.54) is 14.2 Å². The van der Waals surface area contributed by atoms with Gasteiger partial charge >= 0.3 is 0 Å². The van der Waals surface area contributed by atoms with Crippen molar-refractivity contribution < 1.29 is 17.9 Å². The van der Waals surface area contributed by atoms with Gasteiger partial charge in [0.1, 0.15) is 0 Å². The van der Waals surface area contributed by atoms with Gasteiger partial charge in [0.25, 0.3) is 0 Å². The van der Waals surface area contributed by atoms with Crippen molar-refractivity contribution in [3.63, 3.8) is 0 Å². The normalized spacial score (nSPS) is 11.5. The first-order valence-electron chi connectivity index (χ1n) is 7.93. The van der Waals surface area contributed by atoms with E-state index >= 15 is 0 Å². The molecule has 0 heterocycles. The number of rotatable bonds is 6. The molecular weight excluding hydrogens is 352 g/mol. The molecule has 0 saturated carbocycles. The number of methoxy groups -OCH3 is 2. The average Bonchev–Trinajstić information content (AvgIpc) is 2.65. The summed E-state index contributed by atoms with van der Waals surface area (Å²) in [5, 5.41) is 1.69. The third-order valence-corrected chi connectivity index (χ3v) is 5.48. The Morgan fingerprint density at radius 1 is 0.962 bits per heavy atom. The van der Waals surface area contributed by atoms with E-state index in [0.717, 1.165) is 10.8 Å². The lowest BCUT2D eigenvalue weighted by atomic mass is 10.1. The zero-order valence-corrected chi connectivity index (χ0v) is 15.3. The molecule has 3 rings (SSSR count). The van der Waals surface area contributed by atoms with E-state index in [2.05, 4.69) is 4.72 Å². The molecule has 0 bridgehead atoms. The second kappa shape index (κ2) is 7.23. The van der Waals surface area contributed by atoms with E-state index in [1.807, 2.05) is 0 Å². The van der Waals surface area contributed by atoms with E-state index in [-0.39, 0.29) is 11.4 Å². The quantitative estimate of drug-likeness (QED) is 0.649. The number of nitrogens with one attached hydrogen (secondary N) is 1. The van der Waals surface area contributed by atoms with Crippen LogP contribution in [0.3, 0.4) is 0 Å². The molecule has 3 aromatic rings. The maximum atomic E-state index is 12.7. The number of hydrogen-bond acceptors (Lipinski definition) is 5. The molecule has 0 amide bonds. The van der Waals surface area contributed by atoms with E-state index in [4.69, 9.17) is 15.2 Å². The van der Waals surface area contributed by atoms with Gasteiger partial charge in [0.15, 0.2) is 11.5 Å². The fourth-order valence-electron chi connectivity index (χ4n) is 2.76. The van der Waals surface area contributed by atoms with Crippen molar-refractivity contribution in [2.75, 3.05) is 20.0 Å². The molecule has 0 aromatic heterocycles. The van der Waals surface area contributed by atoms with Crippen LogP contribution in [0.5, 0.6) is 11.5 Å². The van der Waals surface area contributed by atoms with Crippen molar-refractivity contribution in [3.8, 4) is 11.5 Å². The Kier molecular flexibility index (Phi) is 5.01. The van der Waals surface area contributed by atoms with E-state index < -0.39 is 10.0 Å². The predicted molar refractivity (Wildman–Crippen MR) is 102 cm³/mol. The summed E-state index contributed by atoms with van der Waals surface area (Å²) in [7, 11) is -0.628. The summed E-state index contributed by atoms with van der Waals surface area (Å²) in [5.41, 5.74) is 7.08. The monoisotopic (exact) mass is 372 g/mol. The summed E-state index contributed by atoms with van der Waals surface area (Å²) >= 11 is 0. The third kappa shape index (κ3) is 3.58. The van der Waals surface area contributed by atoms with Crippen LogP contribution < -0.4 is 19.9 Å². The summed E-state index contributed by atoms with van der Waals surface area (Å²) in [5.74, 6) is 1.05. The van der Waals surface area contributed by atoms with Gasteiger partial charge in [-0.2, -0.15) is 0 Å². The molecular formula is C19H20N2O4S. The largest absolute Gasteiger partial charge is 0.493 e. The van der Waals surface area contributed by atoms with E-state index in [9.17, 15) is 8.42 Å². The highest BCUT2D eigenvalue weighted by atomic mass is 32.2. The number of anilines is 1. The molecule has 0 radical (unpaired) electrons. The topological polar surface area (TPSA) is 90.7 Å². The van der Waals surface area contributed by atoms with Gasteiger partial charge < -0.3 is 15.2 Å². The van der Waals surface area contributed by atoms with Crippen molar-refractivity contribution in [3.05, 3.63) is 60.2 Å². The van der Waals surface area contributed by atoms with Crippen molar-refractivity contribution in [1.82, 2.24) is 4.72 Å². The maximum absolute atomic E-state index is 12.7. The lowest BCUT2D eigenvalue weighted by Crippen LogP contribution is -2.23. The van der Waals surface area contributed by atoms with Crippen molar-refractivity contribution in [2.24, 2.45) is 0 Å². The number of nitrogens with two attached hydrogens (primary N) is 1. The van der Waals surface area contributed by atoms with Crippen LogP contribution >= 0.6 is 0 Å². The first kappa shape index (κ1) is 18.0. The molecule has 3 N–H and O–H groups in total. The van der Waals surface area contributed by atoms with Crippen LogP contribution in [0.2, 0.25) is 0 Å². The first-order chi connectivity index (χ1) is 12.4. The van der Waals surface area contributed by atoms with Gasteiger partial charge in [-0.25, -0.2) is 13.1 Å². The smallest absolute Gasteiger partial charge is 0.240 e. The van der Waals surface area contributed by atoms with Gasteiger partial charge in [-0.15, -0.1) is 0 Å². The summed E-state index contributed by atoms with van der Waals surface area (Å²) in [6.07, 6.45) is 0. The second-order valence-corrected chi connectivity index (χ2v) is 7.51. The Balaban J connectivity index is 1.87. The number of sulfonamides is 1. The molecule has 26 heavy (non-hydrogen) atoms. The fourth-order valence-corrected chi connectivity index (χ4v) is 3.80. The molecule has 6 nitrogen and oxygen atoms in total. The van der Waals surface area contributed by atoms with Crippen LogP contribution in [0.4, 0.5) is 5.69 Å². The zero-order valence-electron chi connectivity index (χ0n) is 14.5. The number of para-hydroxylation sites is 1. The molecule has 0 aliphatic rings. The van der Waals surface area contributed by atoms with Crippen LogP contribution in [0.15, 0.2) is 59.5 Å². The summed E-state index contributed by atoms with van der Waals surface area (Å²) in [6, 6.07) is 15.6. The maximum Gasteiger partial charge on any atom is 0.240 e. The van der Waals surface area contributed by atoms with E-state index in [0.29, 0.717) is 22.7 Å². The van der Waals surface area contributed by atoms with Crippen LogP contribution in [-0.2, 0) is 16.6 Å². The number of ether oxygens (including phenoxy) is 2. The van der Waals surface area contributed by atoms with Crippen molar-refractivity contribution in [2.45, 2.75) is 11.4 Å². The molecule has 7 heteroatoms. The minimum Gasteiger partial charge on any atom is -0.493 e. The molecule has 0 atom stereocenters. The third-order valence-electron chi connectivity index (χ3n) is 4.08. The lowest BCUT2D eigenvalue weighted by Gasteiger charge is -2.13. The molecule has 0 aliphatic heterocycles. The highest BCUT2D eigenvalue weighted by Gasteiger charge is 2.17. The minimum atomic E-state index is -3.68. The van der Waals surface area contributed by atoms with Crippen LogP contribution in [0, 0.1) is 0 Å². The van der Waals surface area contributed by atoms with Gasteiger partial charge in [0.05, 0.1) is 19.1 Å². The van der Waals surface area contributed by atoms with Gasteiger partial charge in [0.2, 0.25) is 10.0 Å².